The van der Waals surface area contributed by atoms with Crippen LogP contribution in [0.15, 0.2) is 23.3 Å². The summed E-state index contributed by atoms with van der Waals surface area (Å²) in [5, 5.41) is 11.0. The molecule has 9 heteroatoms. The SMILES string of the molecule is Cc1n[nH]c(C)c1N1CCN(c2cc(/C(N)=N/NN)ccc2F)CC1. The van der Waals surface area contributed by atoms with Gasteiger partial charge in [0.2, 0.25) is 0 Å². The zero-order chi connectivity index (χ0) is 18.0. The number of aromatic amines is 1. The molecule has 1 aliphatic rings. The number of hydrazine groups is 1. The van der Waals surface area contributed by atoms with Crippen LogP contribution in [-0.4, -0.2) is 42.2 Å². The van der Waals surface area contributed by atoms with Crippen LogP contribution in [0.3, 0.4) is 0 Å². The molecule has 1 aliphatic heterocycles. The largest absolute Gasteiger partial charge is 0.382 e. The fraction of sp³-hybridized carbons (Fsp3) is 0.375. The average Bonchev–Trinajstić information content (AvgIpc) is 2.94. The molecule has 6 N–H and O–H groups in total. The molecule has 0 saturated carbocycles. The normalized spacial score (nSPS) is 15.6. The number of nitrogens with two attached hydrogens (primary N) is 2. The number of benzene rings is 1. The topological polar surface area (TPSA) is 112 Å². The Kier molecular flexibility index (Phi) is 4.75. The first-order valence-electron chi connectivity index (χ1n) is 8.11. The minimum atomic E-state index is -0.277. The minimum absolute atomic E-state index is 0.215. The number of hydrogen-bond donors (Lipinski definition) is 4. The number of anilines is 2. The highest BCUT2D eigenvalue weighted by Gasteiger charge is 2.23. The Balaban J connectivity index is 1.77. The Morgan fingerprint density at radius 2 is 1.92 bits per heavy atom. The molecule has 0 unspecified atom stereocenters. The van der Waals surface area contributed by atoms with Crippen molar-refractivity contribution in [1.82, 2.24) is 15.7 Å². The van der Waals surface area contributed by atoms with Crippen LogP contribution in [0.1, 0.15) is 17.0 Å². The van der Waals surface area contributed by atoms with Crippen LogP contribution >= 0.6 is 0 Å². The van der Waals surface area contributed by atoms with Crippen molar-refractivity contribution in [3.8, 4) is 0 Å². The van der Waals surface area contributed by atoms with Crippen molar-refractivity contribution < 1.29 is 4.39 Å². The lowest BCUT2D eigenvalue weighted by molar-refractivity contribution is 0.597. The maximum atomic E-state index is 14.3. The Morgan fingerprint density at radius 1 is 1.24 bits per heavy atom. The molecule has 8 nitrogen and oxygen atoms in total. The molecule has 0 amide bonds. The summed E-state index contributed by atoms with van der Waals surface area (Å²) in [5.41, 5.74) is 12.3. The van der Waals surface area contributed by atoms with E-state index in [1.165, 1.54) is 6.07 Å². The highest BCUT2D eigenvalue weighted by Crippen LogP contribution is 2.27. The third-order valence-electron chi connectivity index (χ3n) is 4.45. The number of H-pyrrole nitrogens is 1. The fourth-order valence-corrected chi connectivity index (χ4v) is 3.23. The van der Waals surface area contributed by atoms with Crippen molar-refractivity contribution >= 4 is 17.2 Å². The van der Waals surface area contributed by atoms with Gasteiger partial charge in [-0.25, -0.2) is 15.8 Å². The minimum Gasteiger partial charge on any atom is -0.382 e. The number of aromatic nitrogens is 2. The smallest absolute Gasteiger partial charge is 0.152 e. The van der Waals surface area contributed by atoms with Crippen LogP contribution in [-0.2, 0) is 0 Å². The molecule has 2 heterocycles. The number of piperazine rings is 1. The van der Waals surface area contributed by atoms with Gasteiger partial charge in [0, 0.05) is 31.7 Å². The van der Waals surface area contributed by atoms with Crippen LogP contribution in [0, 0.1) is 19.7 Å². The first-order valence-corrected chi connectivity index (χ1v) is 8.11. The van der Waals surface area contributed by atoms with Gasteiger partial charge in [0.05, 0.1) is 22.8 Å². The first kappa shape index (κ1) is 17.0. The summed E-state index contributed by atoms with van der Waals surface area (Å²) in [6.45, 7) is 6.99. The van der Waals surface area contributed by atoms with E-state index in [0.717, 1.165) is 30.2 Å². The third kappa shape index (κ3) is 3.36. The molecule has 0 aliphatic carbocycles. The lowest BCUT2D eigenvalue weighted by Crippen LogP contribution is -2.47. The van der Waals surface area contributed by atoms with Gasteiger partial charge in [-0.15, -0.1) is 5.10 Å². The van der Waals surface area contributed by atoms with E-state index in [-0.39, 0.29) is 11.7 Å². The van der Waals surface area contributed by atoms with Gasteiger partial charge >= 0.3 is 0 Å². The maximum Gasteiger partial charge on any atom is 0.152 e. The van der Waals surface area contributed by atoms with E-state index in [4.69, 9.17) is 11.6 Å². The standard InChI is InChI=1S/C16H23FN8/c1-10-15(11(2)21-20-10)25-7-5-24(6-8-25)14-9-12(3-4-13(14)17)16(18)22-23-19/h3-4,9,23H,5-8,19H2,1-2H3,(H2,18,22)(H,20,21). The first-order chi connectivity index (χ1) is 12.0. The molecule has 1 aromatic heterocycles. The molecular formula is C16H23FN8. The van der Waals surface area contributed by atoms with E-state index in [1.807, 2.05) is 18.7 Å². The number of nitrogens with zero attached hydrogens (tertiary/aromatic N) is 4. The summed E-state index contributed by atoms with van der Waals surface area (Å²) in [7, 11) is 0. The van der Waals surface area contributed by atoms with E-state index in [9.17, 15) is 4.39 Å². The van der Waals surface area contributed by atoms with Crippen molar-refractivity contribution in [3.63, 3.8) is 0 Å². The fourth-order valence-electron chi connectivity index (χ4n) is 3.23. The number of nitrogens with one attached hydrogen (secondary N) is 2. The van der Waals surface area contributed by atoms with E-state index in [2.05, 4.69) is 25.7 Å². The molecular weight excluding hydrogens is 323 g/mol. The second-order valence-corrected chi connectivity index (χ2v) is 6.05. The zero-order valence-corrected chi connectivity index (χ0v) is 14.4. The highest BCUT2D eigenvalue weighted by atomic mass is 19.1. The van der Waals surface area contributed by atoms with E-state index in [1.54, 1.807) is 12.1 Å². The number of hydrazone groups is 1. The molecule has 3 rings (SSSR count). The average molecular weight is 346 g/mol. The third-order valence-corrected chi connectivity index (χ3v) is 4.45. The van der Waals surface area contributed by atoms with Gasteiger partial charge in [0.1, 0.15) is 5.82 Å². The molecule has 1 aromatic carbocycles. The van der Waals surface area contributed by atoms with E-state index >= 15 is 0 Å². The molecule has 0 spiro atoms. The predicted molar refractivity (Wildman–Crippen MR) is 96.9 cm³/mol. The monoisotopic (exact) mass is 346 g/mol. The van der Waals surface area contributed by atoms with Gasteiger partial charge in [-0.05, 0) is 32.0 Å². The molecule has 0 atom stereocenters. The van der Waals surface area contributed by atoms with Crippen LogP contribution in [0.4, 0.5) is 15.8 Å². The van der Waals surface area contributed by atoms with Crippen molar-refractivity contribution in [3.05, 3.63) is 41.0 Å². The molecule has 25 heavy (non-hydrogen) atoms. The second-order valence-electron chi connectivity index (χ2n) is 6.05. The molecule has 0 bridgehead atoms. The van der Waals surface area contributed by atoms with E-state index in [0.29, 0.717) is 24.3 Å². The maximum absolute atomic E-state index is 14.3. The summed E-state index contributed by atoms with van der Waals surface area (Å²) >= 11 is 0. The van der Waals surface area contributed by atoms with Gasteiger partial charge in [-0.1, -0.05) is 0 Å². The molecule has 2 aromatic rings. The quantitative estimate of drug-likeness (QED) is 0.279. The Labute approximate surface area is 145 Å². The van der Waals surface area contributed by atoms with Gasteiger partial charge in [-0.3, -0.25) is 5.10 Å². The highest BCUT2D eigenvalue weighted by molar-refractivity contribution is 5.98. The molecule has 0 radical (unpaired) electrons. The lowest BCUT2D eigenvalue weighted by Gasteiger charge is -2.37. The number of aryl methyl sites for hydroxylation is 2. The number of amidine groups is 1. The lowest BCUT2D eigenvalue weighted by atomic mass is 10.1. The van der Waals surface area contributed by atoms with Crippen molar-refractivity contribution in [2.24, 2.45) is 16.7 Å². The summed E-state index contributed by atoms with van der Waals surface area (Å²) in [4.78, 5) is 4.30. The number of hydrogen-bond acceptors (Lipinski definition) is 6. The number of halogens is 1. The van der Waals surface area contributed by atoms with Crippen LogP contribution in [0.2, 0.25) is 0 Å². The van der Waals surface area contributed by atoms with Crippen molar-refractivity contribution in [2.45, 2.75) is 13.8 Å². The summed E-state index contributed by atoms with van der Waals surface area (Å²) in [5.74, 6) is 5.09. The van der Waals surface area contributed by atoms with E-state index < -0.39 is 0 Å². The molecule has 134 valence electrons. The second kappa shape index (κ2) is 6.98. The Morgan fingerprint density at radius 3 is 2.52 bits per heavy atom. The summed E-state index contributed by atoms with van der Waals surface area (Å²) < 4.78 is 14.3. The van der Waals surface area contributed by atoms with Crippen LogP contribution in [0.5, 0.6) is 0 Å². The summed E-state index contributed by atoms with van der Waals surface area (Å²) in [6.07, 6.45) is 0. The van der Waals surface area contributed by atoms with Crippen LogP contribution in [0.25, 0.3) is 0 Å². The molecule has 1 fully saturated rings. The zero-order valence-electron chi connectivity index (χ0n) is 14.4. The van der Waals surface area contributed by atoms with Gasteiger partial charge in [0.25, 0.3) is 0 Å². The van der Waals surface area contributed by atoms with Crippen molar-refractivity contribution in [2.75, 3.05) is 36.0 Å². The predicted octanol–water partition coefficient (Wildman–Crippen LogP) is 0.576. The van der Waals surface area contributed by atoms with Crippen molar-refractivity contribution in [1.29, 1.82) is 0 Å². The summed E-state index contributed by atoms with van der Waals surface area (Å²) in [6, 6.07) is 4.69. The van der Waals surface area contributed by atoms with Gasteiger partial charge in [0.15, 0.2) is 5.84 Å². The Bertz CT molecular complexity index is 757. The van der Waals surface area contributed by atoms with Gasteiger partial charge < -0.3 is 15.5 Å². The van der Waals surface area contributed by atoms with Crippen LogP contribution < -0.4 is 26.9 Å². The van der Waals surface area contributed by atoms with Gasteiger partial charge in [-0.2, -0.15) is 5.10 Å². The number of rotatable bonds is 4. The molecule has 1 saturated heterocycles. The Hall–Kier alpha value is -2.81.